The van der Waals surface area contributed by atoms with E-state index in [1.54, 1.807) is 7.11 Å². The third-order valence-corrected chi connectivity index (χ3v) is 2.33. The monoisotopic (exact) mass is 197 g/mol. The standard InChI is InChI=1S/C10H19N3O/c1-3-4-9(7-14-2)13-8-12-6-10(13)5-11/h6,8-9H,3-5,7,11H2,1-2H3. The van der Waals surface area contributed by atoms with Gasteiger partial charge >= 0.3 is 0 Å². The topological polar surface area (TPSA) is 53.1 Å². The van der Waals surface area contributed by atoms with E-state index < -0.39 is 0 Å². The summed E-state index contributed by atoms with van der Waals surface area (Å²) in [5, 5.41) is 0. The fraction of sp³-hybridized carbons (Fsp3) is 0.700. The molecule has 0 saturated carbocycles. The van der Waals surface area contributed by atoms with Crippen molar-refractivity contribution in [2.24, 2.45) is 5.73 Å². The van der Waals surface area contributed by atoms with Crippen molar-refractivity contribution in [3.63, 3.8) is 0 Å². The largest absolute Gasteiger partial charge is 0.383 e. The van der Waals surface area contributed by atoms with E-state index in [0.29, 0.717) is 12.6 Å². The van der Waals surface area contributed by atoms with Gasteiger partial charge in [-0.05, 0) is 6.42 Å². The Hall–Kier alpha value is -0.870. The van der Waals surface area contributed by atoms with Crippen LogP contribution < -0.4 is 5.73 Å². The van der Waals surface area contributed by atoms with Crippen LogP contribution in [0.15, 0.2) is 12.5 Å². The number of imidazole rings is 1. The fourth-order valence-electron chi connectivity index (χ4n) is 1.65. The quantitative estimate of drug-likeness (QED) is 0.748. The third-order valence-electron chi connectivity index (χ3n) is 2.33. The van der Waals surface area contributed by atoms with Crippen LogP contribution >= 0.6 is 0 Å². The second kappa shape index (κ2) is 5.78. The van der Waals surface area contributed by atoms with Crippen LogP contribution in [0.1, 0.15) is 31.5 Å². The van der Waals surface area contributed by atoms with Gasteiger partial charge in [0.05, 0.1) is 24.7 Å². The summed E-state index contributed by atoms with van der Waals surface area (Å²) >= 11 is 0. The number of aromatic nitrogens is 2. The predicted octanol–water partition coefficient (Wildman–Crippen LogP) is 1.33. The van der Waals surface area contributed by atoms with Crippen LogP contribution in [-0.2, 0) is 11.3 Å². The van der Waals surface area contributed by atoms with Crippen LogP contribution in [-0.4, -0.2) is 23.3 Å². The lowest BCUT2D eigenvalue weighted by Crippen LogP contribution is -2.17. The van der Waals surface area contributed by atoms with E-state index in [1.165, 1.54) is 0 Å². The van der Waals surface area contributed by atoms with E-state index in [-0.39, 0.29) is 0 Å². The van der Waals surface area contributed by atoms with Gasteiger partial charge in [-0.25, -0.2) is 4.98 Å². The van der Waals surface area contributed by atoms with Crippen molar-refractivity contribution in [2.75, 3.05) is 13.7 Å². The highest BCUT2D eigenvalue weighted by Gasteiger charge is 2.12. The molecule has 4 heteroatoms. The summed E-state index contributed by atoms with van der Waals surface area (Å²) in [5.41, 5.74) is 6.69. The van der Waals surface area contributed by atoms with Gasteiger partial charge in [-0.1, -0.05) is 13.3 Å². The maximum absolute atomic E-state index is 5.62. The maximum atomic E-state index is 5.62. The zero-order valence-electron chi connectivity index (χ0n) is 8.94. The van der Waals surface area contributed by atoms with Gasteiger partial charge in [0.1, 0.15) is 0 Å². The molecule has 4 nitrogen and oxygen atoms in total. The highest BCUT2D eigenvalue weighted by atomic mass is 16.5. The zero-order valence-corrected chi connectivity index (χ0v) is 8.94. The lowest BCUT2D eigenvalue weighted by atomic mass is 10.1. The minimum absolute atomic E-state index is 0.367. The Morgan fingerprint density at radius 3 is 3.00 bits per heavy atom. The molecule has 14 heavy (non-hydrogen) atoms. The van der Waals surface area contributed by atoms with Crippen LogP contribution in [0, 0.1) is 0 Å². The summed E-state index contributed by atoms with van der Waals surface area (Å²) in [6.45, 7) is 3.42. The molecule has 0 saturated heterocycles. The first-order chi connectivity index (χ1) is 6.83. The predicted molar refractivity (Wildman–Crippen MR) is 55.9 cm³/mol. The average Bonchev–Trinajstić information content (AvgIpc) is 2.65. The molecule has 1 heterocycles. The van der Waals surface area contributed by atoms with Crippen molar-refractivity contribution in [3.05, 3.63) is 18.2 Å². The number of ether oxygens (including phenoxy) is 1. The lowest BCUT2D eigenvalue weighted by molar-refractivity contribution is 0.149. The number of nitrogens with zero attached hydrogens (tertiary/aromatic N) is 2. The SMILES string of the molecule is CCCC(COC)n1cncc1CN. The smallest absolute Gasteiger partial charge is 0.0952 e. The second-order valence-electron chi connectivity index (χ2n) is 3.39. The van der Waals surface area contributed by atoms with Crippen LogP contribution in [0.4, 0.5) is 0 Å². The minimum Gasteiger partial charge on any atom is -0.383 e. The number of hydrogen-bond donors (Lipinski definition) is 1. The highest BCUT2D eigenvalue weighted by Crippen LogP contribution is 2.16. The molecule has 1 aromatic rings. The molecule has 0 aliphatic heterocycles. The van der Waals surface area contributed by atoms with Gasteiger partial charge in [-0.15, -0.1) is 0 Å². The number of nitrogens with two attached hydrogens (primary N) is 1. The molecule has 1 rings (SSSR count). The summed E-state index contributed by atoms with van der Waals surface area (Å²) in [5.74, 6) is 0. The Kier molecular flexibility index (Phi) is 4.62. The molecule has 0 spiro atoms. The first-order valence-electron chi connectivity index (χ1n) is 5.03. The fourth-order valence-corrected chi connectivity index (χ4v) is 1.65. The van der Waals surface area contributed by atoms with Crippen molar-refractivity contribution in [1.82, 2.24) is 9.55 Å². The van der Waals surface area contributed by atoms with Gasteiger partial charge in [-0.2, -0.15) is 0 Å². The van der Waals surface area contributed by atoms with E-state index in [1.807, 2.05) is 12.5 Å². The molecule has 1 atom stereocenters. The number of hydrogen-bond acceptors (Lipinski definition) is 3. The van der Waals surface area contributed by atoms with Crippen molar-refractivity contribution >= 4 is 0 Å². The van der Waals surface area contributed by atoms with Crippen LogP contribution in [0.25, 0.3) is 0 Å². The Bertz CT molecular complexity index is 254. The molecule has 0 aromatic carbocycles. The average molecular weight is 197 g/mol. The Labute approximate surface area is 85.1 Å². The molecule has 0 radical (unpaired) electrons. The van der Waals surface area contributed by atoms with Gasteiger partial charge in [0.15, 0.2) is 0 Å². The van der Waals surface area contributed by atoms with E-state index in [4.69, 9.17) is 10.5 Å². The molecule has 0 aliphatic rings. The van der Waals surface area contributed by atoms with Gasteiger partial charge < -0.3 is 15.0 Å². The van der Waals surface area contributed by atoms with Gasteiger partial charge in [0.2, 0.25) is 0 Å². The molecule has 1 unspecified atom stereocenters. The molecule has 0 aliphatic carbocycles. The summed E-state index contributed by atoms with van der Waals surface area (Å²) in [4.78, 5) is 4.11. The summed E-state index contributed by atoms with van der Waals surface area (Å²) in [7, 11) is 1.72. The summed E-state index contributed by atoms with van der Waals surface area (Å²) in [6.07, 6.45) is 5.88. The molecular formula is C10H19N3O. The van der Waals surface area contributed by atoms with Crippen molar-refractivity contribution in [3.8, 4) is 0 Å². The molecule has 0 fully saturated rings. The van der Waals surface area contributed by atoms with Gasteiger partial charge in [0.25, 0.3) is 0 Å². The molecule has 1 aromatic heterocycles. The zero-order chi connectivity index (χ0) is 10.4. The first-order valence-corrected chi connectivity index (χ1v) is 5.03. The number of methoxy groups -OCH3 is 1. The Morgan fingerprint density at radius 1 is 1.64 bits per heavy atom. The van der Waals surface area contributed by atoms with Crippen LogP contribution in [0.2, 0.25) is 0 Å². The Balaban J connectivity index is 2.75. The van der Waals surface area contributed by atoms with E-state index in [2.05, 4.69) is 16.5 Å². The maximum Gasteiger partial charge on any atom is 0.0952 e. The van der Waals surface area contributed by atoms with Crippen LogP contribution in [0.3, 0.4) is 0 Å². The van der Waals surface area contributed by atoms with Gasteiger partial charge in [-0.3, -0.25) is 0 Å². The minimum atomic E-state index is 0.367. The van der Waals surface area contributed by atoms with Crippen molar-refractivity contribution in [2.45, 2.75) is 32.4 Å². The molecule has 2 N–H and O–H groups in total. The molecule has 80 valence electrons. The first kappa shape index (κ1) is 11.2. The number of rotatable bonds is 6. The highest BCUT2D eigenvalue weighted by molar-refractivity contribution is 4.99. The lowest BCUT2D eigenvalue weighted by Gasteiger charge is -2.19. The van der Waals surface area contributed by atoms with Crippen LogP contribution in [0.5, 0.6) is 0 Å². The van der Waals surface area contributed by atoms with E-state index in [0.717, 1.165) is 25.1 Å². The Morgan fingerprint density at radius 2 is 2.43 bits per heavy atom. The molecule has 0 amide bonds. The molecular weight excluding hydrogens is 178 g/mol. The summed E-state index contributed by atoms with van der Waals surface area (Å²) in [6, 6.07) is 0.367. The normalized spacial score (nSPS) is 13.1. The van der Waals surface area contributed by atoms with E-state index >= 15 is 0 Å². The van der Waals surface area contributed by atoms with Gasteiger partial charge in [0, 0.05) is 19.9 Å². The third kappa shape index (κ3) is 2.56. The van der Waals surface area contributed by atoms with Crippen molar-refractivity contribution in [1.29, 1.82) is 0 Å². The van der Waals surface area contributed by atoms with Crippen molar-refractivity contribution < 1.29 is 4.74 Å². The summed E-state index contributed by atoms with van der Waals surface area (Å²) < 4.78 is 7.31. The van der Waals surface area contributed by atoms with E-state index in [9.17, 15) is 0 Å². The molecule has 0 bridgehead atoms. The second-order valence-corrected chi connectivity index (χ2v) is 3.39.